The first-order valence-corrected chi connectivity index (χ1v) is 17.9. The van der Waals surface area contributed by atoms with Gasteiger partial charge in [0.15, 0.2) is 0 Å². The molecule has 0 aromatic heterocycles. The number of benzene rings is 4. The Labute approximate surface area is 288 Å². The van der Waals surface area contributed by atoms with E-state index in [2.05, 4.69) is 152 Å². The second-order valence-electron chi connectivity index (χ2n) is 11.8. The molecule has 6 aromatic rings. The summed E-state index contributed by atoms with van der Waals surface area (Å²) in [5.41, 5.74) is 13.9. The number of fused-ring (bicyclic) bond motifs is 2. The second-order valence-corrected chi connectivity index (χ2v) is 12.8. The van der Waals surface area contributed by atoms with E-state index >= 15 is 0 Å². The molecule has 0 heterocycles. The molecular formula is C42H48HfSi-2. The maximum absolute atomic E-state index is 2.37. The van der Waals surface area contributed by atoms with Gasteiger partial charge in [0.25, 0.3) is 0 Å². The first-order valence-electron chi connectivity index (χ1n) is 15.9. The van der Waals surface area contributed by atoms with E-state index in [4.69, 9.17) is 0 Å². The molecule has 2 radical (unpaired) electrons. The summed E-state index contributed by atoms with van der Waals surface area (Å²) < 4.78 is 0. The summed E-state index contributed by atoms with van der Waals surface area (Å²) in [5.74, 6) is 0. The molecule has 0 spiro atoms. The van der Waals surface area contributed by atoms with Gasteiger partial charge in [-0.3, -0.25) is 0 Å². The zero-order chi connectivity index (χ0) is 30.9. The van der Waals surface area contributed by atoms with Gasteiger partial charge < -0.3 is 0 Å². The van der Waals surface area contributed by atoms with Crippen LogP contribution in [0.2, 0.25) is 13.1 Å². The fourth-order valence-corrected chi connectivity index (χ4v) is 6.02. The maximum atomic E-state index is 2.37. The van der Waals surface area contributed by atoms with E-state index < -0.39 is 0 Å². The molecule has 0 atom stereocenters. The Balaban J connectivity index is 0.000000216. The van der Waals surface area contributed by atoms with Crippen molar-refractivity contribution in [3.63, 3.8) is 0 Å². The molecule has 6 rings (SSSR count). The third-order valence-electron chi connectivity index (χ3n) is 8.49. The standard InChI is InChI=1S/2C20H21.C2H6Si.Hf/c2*1-4-7-16-12-17-9-6-11-19(20(17)13-16)18-10-5-8-14(2)15(18)3;1-3-2;/h2*5-6,8-13H,4,7H2,1-3H3;1-2H3;/q2*-1;;. The zero-order valence-corrected chi connectivity index (χ0v) is 32.7. The van der Waals surface area contributed by atoms with Gasteiger partial charge in [0, 0.05) is 35.4 Å². The maximum Gasteiger partial charge on any atom is 0.0307 e. The average Bonchev–Trinajstić information content (AvgIpc) is 3.61. The monoisotopic (exact) mass is 760 g/mol. The van der Waals surface area contributed by atoms with E-state index in [0.29, 0.717) is 0 Å². The second kappa shape index (κ2) is 17.0. The van der Waals surface area contributed by atoms with Crippen LogP contribution in [-0.2, 0) is 38.7 Å². The molecule has 226 valence electrons. The third-order valence-corrected chi connectivity index (χ3v) is 8.49. The normalized spacial score (nSPS) is 10.5. The smallest absolute Gasteiger partial charge is 0.0307 e. The Kier molecular flexibility index (Phi) is 13.8. The summed E-state index contributed by atoms with van der Waals surface area (Å²) in [5, 5.41) is 5.52. The molecule has 0 saturated carbocycles. The van der Waals surface area contributed by atoms with Crippen LogP contribution in [0.15, 0.2) is 97.1 Å². The van der Waals surface area contributed by atoms with Crippen molar-refractivity contribution in [2.24, 2.45) is 0 Å². The van der Waals surface area contributed by atoms with Crippen molar-refractivity contribution in [1.82, 2.24) is 0 Å². The van der Waals surface area contributed by atoms with Crippen LogP contribution in [0.5, 0.6) is 0 Å². The van der Waals surface area contributed by atoms with Crippen LogP contribution < -0.4 is 0 Å². The van der Waals surface area contributed by atoms with Crippen molar-refractivity contribution in [3.05, 3.63) is 130 Å². The predicted octanol–water partition coefficient (Wildman–Crippen LogP) is 12.4. The Morgan fingerprint density at radius 2 is 0.864 bits per heavy atom. The van der Waals surface area contributed by atoms with Crippen molar-refractivity contribution >= 4 is 31.1 Å². The van der Waals surface area contributed by atoms with E-state index in [9.17, 15) is 0 Å². The average molecular weight is 759 g/mol. The SMILES string of the molecule is CCCc1cc2c(-c3cccc(C)c3C)cccc2[cH-]1.CCCc1cc2c(-c3cccc(C)c3C)cccc2[cH-]1.C[Si]C.[Hf]. The summed E-state index contributed by atoms with van der Waals surface area (Å²) in [7, 11) is 1.08. The molecule has 0 nitrogen and oxygen atoms in total. The quantitative estimate of drug-likeness (QED) is 0.117. The molecule has 0 aliphatic carbocycles. The largest absolute Gasteiger partial charge is 0.164 e. The molecule has 44 heavy (non-hydrogen) atoms. The van der Waals surface area contributed by atoms with Crippen LogP contribution in [-0.4, -0.2) is 9.52 Å². The molecule has 0 saturated heterocycles. The van der Waals surface area contributed by atoms with Crippen molar-refractivity contribution < 1.29 is 25.8 Å². The van der Waals surface area contributed by atoms with Gasteiger partial charge in [0.05, 0.1) is 0 Å². The predicted molar refractivity (Wildman–Crippen MR) is 194 cm³/mol. The number of rotatable bonds is 6. The van der Waals surface area contributed by atoms with Gasteiger partial charge >= 0.3 is 0 Å². The van der Waals surface area contributed by atoms with Gasteiger partial charge in [-0.05, 0) is 73.9 Å². The minimum Gasteiger partial charge on any atom is -0.164 e. The molecule has 6 aromatic carbocycles. The number of aryl methyl sites for hydroxylation is 4. The summed E-state index contributed by atoms with van der Waals surface area (Å²) in [6.45, 7) is 17.6. The molecule has 0 unspecified atom stereocenters. The van der Waals surface area contributed by atoms with Crippen LogP contribution >= 0.6 is 0 Å². The molecule has 0 aliphatic rings. The van der Waals surface area contributed by atoms with E-state index in [1.807, 2.05) is 0 Å². The van der Waals surface area contributed by atoms with Crippen LogP contribution in [0, 0.1) is 27.7 Å². The Morgan fingerprint density at radius 1 is 0.523 bits per heavy atom. The number of hydrogen-bond donors (Lipinski definition) is 0. The van der Waals surface area contributed by atoms with E-state index in [1.54, 1.807) is 0 Å². The molecule has 2 heteroatoms. The Morgan fingerprint density at radius 3 is 1.23 bits per heavy atom. The summed E-state index contributed by atoms with van der Waals surface area (Å²) >= 11 is 0. The van der Waals surface area contributed by atoms with Gasteiger partial charge in [0.2, 0.25) is 0 Å². The van der Waals surface area contributed by atoms with E-state index in [-0.39, 0.29) is 25.8 Å². The summed E-state index contributed by atoms with van der Waals surface area (Å²) in [6.07, 6.45) is 4.74. The molecule has 0 N–H and O–H groups in total. The van der Waals surface area contributed by atoms with Crippen molar-refractivity contribution in [2.75, 3.05) is 0 Å². The van der Waals surface area contributed by atoms with Crippen molar-refractivity contribution in [2.45, 2.75) is 80.3 Å². The fraction of sp³-hybridized carbons (Fsp3) is 0.286. The van der Waals surface area contributed by atoms with Crippen LogP contribution in [0.3, 0.4) is 0 Å². The van der Waals surface area contributed by atoms with Crippen LogP contribution in [0.4, 0.5) is 0 Å². The van der Waals surface area contributed by atoms with E-state index in [1.165, 1.54) is 103 Å². The summed E-state index contributed by atoms with van der Waals surface area (Å²) in [4.78, 5) is 0. The molecular weight excluding hydrogens is 711 g/mol. The van der Waals surface area contributed by atoms with Gasteiger partial charge in [0.1, 0.15) is 0 Å². The van der Waals surface area contributed by atoms with Gasteiger partial charge in [-0.2, -0.15) is 12.1 Å². The first-order chi connectivity index (χ1) is 20.8. The fourth-order valence-electron chi connectivity index (χ4n) is 6.02. The van der Waals surface area contributed by atoms with Gasteiger partial charge in [-0.15, -0.1) is 69.1 Å². The van der Waals surface area contributed by atoms with Gasteiger partial charge in [-0.1, -0.05) is 99.4 Å². The Bertz CT molecular complexity index is 1650. The Hall–Kier alpha value is -2.81. The zero-order valence-electron chi connectivity index (χ0n) is 28.1. The van der Waals surface area contributed by atoms with Crippen molar-refractivity contribution in [3.8, 4) is 22.3 Å². The van der Waals surface area contributed by atoms with Crippen LogP contribution in [0.25, 0.3) is 43.8 Å². The molecule has 0 bridgehead atoms. The molecule has 0 fully saturated rings. The minimum absolute atomic E-state index is 0. The number of hydrogen-bond acceptors (Lipinski definition) is 0. The molecule has 0 aliphatic heterocycles. The van der Waals surface area contributed by atoms with E-state index in [0.717, 1.165) is 9.52 Å². The molecule has 0 amide bonds. The topological polar surface area (TPSA) is 0 Å². The summed E-state index contributed by atoms with van der Waals surface area (Å²) in [6, 6.07) is 35.9. The van der Waals surface area contributed by atoms with Crippen LogP contribution in [0.1, 0.15) is 60.1 Å². The van der Waals surface area contributed by atoms with Gasteiger partial charge in [-0.25, -0.2) is 0 Å². The third kappa shape index (κ3) is 8.26. The minimum atomic E-state index is 0. The first kappa shape index (κ1) is 35.7. The van der Waals surface area contributed by atoms with Crippen molar-refractivity contribution in [1.29, 1.82) is 0 Å².